The molecule has 0 radical (unpaired) electrons. The SMILES string of the molecule is c1ccc(N(c2ccc(-c3ccc4c(c3)c3ccccc3n4-c3ccc4ccccc4c3)cc2)c2ccc(-n3c4ccccc4c4ccccc43)cc2)cc1. The van der Waals surface area contributed by atoms with E-state index in [4.69, 9.17) is 0 Å². The van der Waals surface area contributed by atoms with Crippen LogP contribution < -0.4 is 4.90 Å². The van der Waals surface area contributed by atoms with Gasteiger partial charge in [0.2, 0.25) is 0 Å². The minimum atomic E-state index is 1.10. The van der Waals surface area contributed by atoms with E-state index in [2.05, 4.69) is 226 Å². The second-order valence-corrected chi connectivity index (χ2v) is 14.2. The maximum Gasteiger partial charge on any atom is 0.0541 e. The number of anilines is 3. The zero-order valence-electron chi connectivity index (χ0n) is 30.0. The first kappa shape index (κ1) is 31.2. The highest BCUT2D eigenvalue weighted by Crippen LogP contribution is 2.39. The largest absolute Gasteiger partial charge is 0.311 e. The van der Waals surface area contributed by atoms with Crippen LogP contribution in [0, 0.1) is 0 Å². The number of benzene rings is 9. The summed E-state index contributed by atoms with van der Waals surface area (Å²) in [6.07, 6.45) is 0. The molecular weight excluding hydrogens is 667 g/mol. The molecule has 0 N–H and O–H groups in total. The van der Waals surface area contributed by atoms with Crippen molar-refractivity contribution in [3.05, 3.63) is 212 Å². The fraction of sp³-hybridized carbons (Fsp3) is 0. The summed E-state index contributed by atoms with van der Waals surface area (Å²) >= 11 is 0. The number of rotatable bonds is 6. The fourth-order valence-corrected chi connectivity index (χ4v) is 8.53. The van der Waals surface area contributed by atoms with Gasteiger partial charge >= 0.3 is 0 Å². The van der Waals surface area contributed by atoms with Crippen molar-refractivity contribution in [3.8, 4) is 22.5 Å². The van der Waals surface area contributed by atoms with Crippen LogP contribution in [0.15, 0.2) is 212 Å². The van der Waals surface area contributed by atoms with Gasteiger partial charge in [-0.05, 0) is 113 Å². The Labute approximate surface area is 319 Å². The molecule has 0 bridgehead atoms. The average molecular weight is 702 g/mol. The molecule has 0 fully saturated rings. The number of aromatic nitrogens is 2. The zero-order chi connectivity index (χ0) is 36.3. The fourth-order valence-electron chi connectivity index (χ4n) is 8.53. The molecule has 0 atom stereocenters. The molecule has 0 saturated carbocycles. The van der Waals surface area contributed by atoms with Crippen molar-refractivity contribution in [2.24, 2.45) is 0 Å². The normalized spacial score (nSPS) is 11.6. The summed E-state index contributed by atoms with van der Waals surface area (Å²) in [6.45, 7) is 0. The van der Waals surface area contributed by atoms with Gasteiger partial charge in [-0.2, -0.15) is 0 Å². The Morgan fingerprint density at radius 1 is 0.273 bits per heavy atom. The Kier molecular flexibility index (Phi) is 7.17. The second-order valence-electron chi connectivity index (χ2n) is 14.2. The van der Waals surface area contributed by atoms with Crippen LogP contribution in [0.25, 0.3) is 76.9 Å². The Morgan fingerprint density at radius 3 is 1.38 bits per heavy atom. The maximum atomic E-state index is 2.40. The lowest BCUT2D eigenvalue weighted by Gasteiger charge is -2.26. The van der Waals surface area contributed by atoms with Crippen molar-refractivity contribution in [3.63, 3.8) is 0 Å². The minimum absolute atomic E-state index is 1.10. The molecular formula is C52H35N3. The highest BCUT2D eigenvalue weighted by Gasteiger charge is 2.17. The van der Waals surface area contributed by atoms with Crippen LogP contribution in [-0.4, -0.2) is 9.13 Å². The predicted octanol–water partition coefficient (Wildman–Crippen LogP) is 14.2. The summed E-state index contributed by atoms with van der Waals surface area (Å²) < 4.78 is 4.76. The van der Waals surface area contributed by atoms with Gasteiger partial charge in [0, 0.05) is 50.0 Å². The van der Waals surface area contributed by atoms with E-state index in [0.717, 1.165) is 22.7 Å². The Balaban J connectivity index is 0.973. The zero-order valence-corrected chi connectivity index (χ0v) is 30.0. The molecule has 3 heteroatoms. The molecule has 0 aliphatic carbocycles. The van der Waals surface area contributed by atoms with Crippen LogP contribution in [0.3, 0.4) is 0 Å². The molecule has 9 aromatic carbocycles. The van der Waals surface area contributed by atoms with Crippen molar-refractivity contribution in [1.82, 2.24) is 9.13 Å². The molecule has 0 aliphatic rings. The third-order valence-corrected chi connectivity index (χ3v) is 11.1. The smallest absolute Gasteiger partial charge is 0.0541 e. The van der Waals surface area contributed by atoms with Gasteiger partial charge < -0.3 is 14.0 Å². The summed E-state index contributed by atoms with van der Waals surface area (Å²) in [5.41, 5.74) is 12.9. The molecule has 3 nitrogen and oxygen atoms in total. The van der Waals surface area contributed by atoms with Crippen molar-refractivity contribution in [1.29, 1.82) is 0 Å². The van der Waals surface area contributed by atoms with E-state index < -0.39 is 0 Å². The lowest BCUT2D eigenvalue weighted by Crippen LogP contribution is -2.10. The van der Waals surface area contributed by atoms with E-state index >= 15 is 0 Å². The van der Waals surface area contributed by atoms with Gasteiger partial charge in [-0.15, -0.1) is 0 Å². The van der Waals surface area contributed by atoms with Crippen LogP contribution in [0.2, 0.25) is 0 Å². The van der Waals surface area contributed by atoms with E-state index in [0.29, 0.717) is 0 Å². The van der Waals surface area contributed by atoms with Crippen LogP contribution in [-0.2, 0) is 0 Å². The Hall–Kier alpha value is -7.36. The Morgan fingerprint density at radius 2 is 0.727 bits per heavy atom. The standard InChI is InChI=1S/C52H35N3/c1-2-14-40(15-3-1)53(42-29-31-43(32-30-42)54-49-19-9-6-16-45(49)46-17-7-10-20-50(46)54)41-26-22-37(23-27-41)39-25-33-52-48(35-39)47-18-8-11-21-51(47)55(52)44-28-24-36-12-4-5-13-38(36)34-44/h1-35H. The van der Waals surface area contributed by atoms with Crippen LogP contribution in [0.1, 0.15) is 0 Å². The van der Waals surface area contributed by atoms with Crippen molar-refractivity contribution in [2.75, 3.05) is 4.90 Å². The summed E-state index contributed by atoms with van der Waals surface area (Å²) in [7, 11) is 0. The number of hydrogen-bond donors (Lipinski definition) is 0. The third kappa shape index (κ3) is 5.13. The van der Waals surface area contributed by atoms with Gasteiger partial charge in [-0.25, -0.2) is 0 Å². The summed E-state index contributed by atoms with van der Waals surface area (Å²) in [5.74, 6) is 0. The quantitative estimate of drug-likeness (QED) is 0.168. The molecule has 55 heavy (non-hydrogen) atoms. The highest BCUT2D eigenvalue weighted by atomic mass is 15.1. The van der Waals surface area contributed by atoms with Gasteiger partial charge in [-0.1, -0.05) is 121 Å². The van der Waals surface area contributed by atoms with E-state index in [-0.39, 0.29) is 0 Å². The Bertz CT molecular complexity index is 3130. The minimum Gasteiger partial charge on any atom is -0.311 e. The first-order chi connectivity index (χ1) is 27.3. The van der Waals surface area contributed by atoms with Crippen molar-refractivity contribution < 1.29 is 0 Å². The predicted molar refractivity (Wildman–Crippen MR) is 233 cm³/mol. The molecule has 258 valence electrons. The number of nitrogens with zero attached hydrogens (tertiary/aromatic N) is 3. The molecule has 0 aliphatic heterocycles. The molecule has 0 amide bonds. The number of fused-ring (bicyclic) bond motifs is 7. The molecule has 2 aromatic heterocycles. The first-order valence-electron chi connectivity index (χ1n) is 18.9. The lowest BCUT2D eigenvalue weighted by atomic mass is 10.0. The van der Waals surface area contributed by atoms with Crippen molar-refractivity contribution >= 4 is 71.4 Å². The molecule has 0 spiro atoms. The monoisotopic (exact) mass is 701 g/mol. The van der Waals surface area contributed by atoms with E-state index in [9.17, 15) is 0 Å². The van der Waals surface area contributed by atoms with Gasteiger partial charge in [0.25, 0.3) is 0 Å². The van der Waals surface area contributed by atoms with Crippen molar-refractivity contribution in [2.45, 2.75) is 0 Å². The van der Waals surface area contributed by atoms with Gasteiger partial charge in [-0.3, -0.25) is 0 Å². The first-order valence-corrected chi connectivity index (χ1v) is 18.9. The lowest BCUT2D eigenvalue weighted by molar-refractivity contribution is 1.17. The van der Waals surface area contributed by atoms with Gasteiger partial charge in [0.05, 0.1) is 22.1 Å². The molecule has 2 heterocycles. The average Bonchev–Trinajstić information content (AvgIpc) is 3.77. The van der Waals surface area contributed by atoms with E-state index in [1.165, 1.54) is 71.2 Å². The number of para-hydroxylation sites is 4. The number of hydrogen-bond acceptors (Lipinski definition) is 1. The molecule has 0 saturated heterocycles. The summed E-state index contributed by atoms with van der Waals surface area (Å²) in [4.78, 5) is 2.33. The van der Waals surface area contributed by atoms with Gasteiger partial charge in [0.1, 0.15) is 0 Å². The maximum absolute atomic E-state index is 2.40. The topological polar surface area (TPSA) is 13.1 Å². The molecule has 11 rings (SSSR count). The van der Waals surface area contributed by atoms with Crippen LogP contribution >= 0.6 is 0 Å². The van der Waals surface area contributed by atoms with E-state index in [1.807, 2.05) is 0 Å². The summed E-state index contributed by atoms with van der Waals surface area (Å²) in [5, 5.41) is 7.53. The molecule has 0 unspecified atom stereocenters. The highest BCUT2D eigenvalue weighted by molar-refractivity contribution is 6.11. The van der Waals surface area contributed by atoms with Crippen LogP contribution in [0.5, 0.6) is 0 Å². The van der Waals surface area contributed by atoms with E-state index in [1.54, 1.807) is 0 Å². The molecule has 11 aromatic rings. The third-order valence-electron chi connectivity index (χ3n) is 11.1. The summed E-state index contributed by atoms with van der Waals surface area (Å²) in [6, 6.07) is 76.9. The van der Waals surface area contributed by atoms with Gasteiger partial charge in [0.15, 0.2) is 0 Å². The second kappa shape index (κ2) is 12.6. The van der Waals surface area contributed by atoms with Crippen LogP contribution in [0.4, 0.5) is 17.1 Å².